The maximum Gasteiger partial charge on any atom is 0.294 e. The second kappa shape index (κ2) is 11.3. The van der Waals surface area contributed by atoms with Gasteiger partial charge in [-0.15, -0.1) is 0 Å². The number of hydrogen-bond donors (Lipinski definition) is 2. The molecule has 0 bridgehead atoms. The van der Waals surface area contributed by atoms with Crippen molar-refractivity contribution in [2.24, 2.45) is 5.41 Å². The Kier molecular flexibility index (Phi) is 8.45. The van der Waals surface area contributed by atoms with E-state index in [0.717, 1.165) is 22.2 Å². The number of aromatic nitrogens is 3. The number of H-pyrrole nitrogens is 1. The summed E-state index contributed by atoms with van der Waals surface area (Å²) in [6.45, 7) is 6.50. The predicted octanol–water partition coefficient (Wildman–Crippen LogP) is 4.07. The molecule has 2 aromatic heterocycles. The lowest BCUT2D eigenvalue weighted by Gasteiger charge is -2.18. The van der Waals surface area contributed by atoms with Gasteiger partial charge in [-0.3, -0.25) is 14.4 Å². The van der Waals surface area contributed by atoms with Crippen LogP contribution >= 0.6 is 0 Å². The third kappa shape index (κ3) is 7.37. The first-order valence-corrected chi connectivity index (χ1v) is 11.8. The summed E-state index contributed by atoms with van der Waals surface area (Å²) in [5.74, 6) is -0.946. The van der Waals surface area contributed by atoms with Gasteiger partial charge in [0, 0.05) is 43.1 Å². The lowest BCUT2D eigenvalue weighted by molar-refractivity contribution is -0.123. The third-order valence-corrected chi connectivity index (χ3v) is 5.41. The molecule has 2 amide bonds. The molecule has 2 heterocycles. The van der Waals surface area contributed by atoms with Gasteiger partial charge in [0.2, 0.25) is 11.8 Å². The molecule has 0 spiro atoms. The van der Waals surface area contributed by atoms with Gasteiger partial charge in [-0.25, -0.2) is 9.37 Å². The van der Waals surface area contributed by atoms with Gasteiger partial charge in [-0.1, -0.05) is 26.8 Å². The van der Waals surface area contributed by atoms with Gasteiger partial charge >= 0.3 is 0 Å². The molecule has 0 atom stereocenters. The van der Waals surface area contributed by atoms with E-state index in [-0.39, 0.29) is 29.5 Å². The number of allylic oxidation sites excluding steroid dienone is 1. The van der Waals surface area contributed by atoms with Crippen LogP contribution < -0.4 is 10.9 Å². The number of carbonyl (C=O) groups is 2. The minimum atomic E-state index is -0.449. The van der Waals surface area contributed by atoms with Crippen molar-refractivity contribution >= 4 is 28.5 Å². The minimum Gasteiger partial charge on any atom is -0.357 e. The molecule has 8 nitrogen and oxygen atoms in total. The van der Waals surface area contributed by atoms with Gasteiger partial charge in [0.25, 0.3) is 5.56 Å². The van der Waals surface area contributed by atoms with Crippen LogP contribution in [-0.4, -0.2) is 45.3 Å². The first-order chi connectivity index (χ1) is 16.9. The molecule has 0 saturated heterocycles. The molecule has 0 saturated carbocycles. The van der Waals surface area contributed by atoms with Crippen molar-refractivity contribution in [2.45, 2.75) is 46.6 Å². The van der Waals surface area contributed by atoms with E-state index in [1.807, 2.05) is 6.07 Å². The molecule has 1 aromatic carbocycles. The first-order valence-electron chi connectivity index (χ1n) is 11.8. The lowest BCUT2D eigenvalue weighted by Crippen LogP contribution is -2.27. The molecule has 0 unspecified atom stereocenters. The quantitative estimate of drug-likeness (QED) is 0.346. The fourth-order valence-electron chi connectivity index (χ4n) is 3.79. The van der Waals surface area contributed by atoms with Gasteiger partial charge in [-0.05, 0) is 54.5 Å². The number of nitrogens with zero attached hydrogens (tertiary/aromatic N) is 3. The highest BCUT2D eigenvalue weighted by Gasteiger charge is 2.17. The molecule has 0 aliphatic rings. The zero-order chi connectivity index (χ0) is 26.5. The highest BCUT2D eigenvalue weighted by Crippen LogP contribution is 2.28. The van der Waals surface area contributed by atoms with Gasteiger partial charge in [0.15, 0.2) is 5.82 Å². The van der Waals surface area contributed by atoms with Crippen molar-refractivity contribution in [1.29, 1.82) is 0 Å². The van der Waals surface area contributed by atoms with Crippen molar-refractivity contribution in [3.8, 4) is 0 Å². The Morgan fingerprint density at radius 3 is 2.64 bits per heavy atom. The Hall–Kier alpha value is -3.75. The topological polar surface area (TPSA) is 100 Å². The number of unbranched alkanes of at least 4 members (excludes halogenated alkanes) is 1. The maximum atomic E-state index is 14.2. The summed E-state index contributed by atoms with van der Waals surface area (Å²) in [7, 11) is 3.32. The predicted molar refractivity (Wildman–Crippen MR) is 139 cm³/mol. The van der Waals surface area contributed by atoms with Gasteiger partial charge < -0.3 is 19.8 Å². The zero-order valence-corrected chi connectivity index (χ0v) is 21.4. The van der Waals surface area contributed by atoms with Crippen LogP contribution in [-0.2, 0) is 22.6 Å². The zero-order valence-electron chi connectivity index (χ0n) is 21.4. The summed E-state index contributed by atoms with van der Waals surface area (Å²) in [5, 5.41) is 3.27. The van der Waals surface area contributed by atoms with Gasteiger partial charge in [0.1, 0.15) is 5.82 Å². The average Bonchev–Trinajstić information content (AvgIpc) is 3.17. The SMILES string of the molecule is CN(C)C(=O)/C=C/CC[CH]C(=O)Nc1nccn(Cc2cc3cc(F)cc(CC(C)(C)C)c3[nH]2)c1=O. The second-order valence-corrected chi connectivity index (χ2v) is 10.2. The highest BCUT2D eigenvalue weighted by molar-refractivity contribution is 5.96. The van der Waals surface area contributed by atoms with Gasteiger partial charge in [-0.2, -0.15) is 0 Å². The number of aromatic amines is 1. The average molecular weight is 495 g/mol. The van der Waals surface area contributed by atoms with Crippen molar-refractivity contribution < 1.29 is 14.0 Å². The van der Waals surface area contributed by atoms with Crippen LogP contribution in [0.4, 0.5) is 10.2 Å². The fraction of sp³-hybridized carbons (Fsp3) is 0.370. The molecular formula is C27H33FN5O3. The van der Waals surface area contributed by atoms with Crippen LogP contribution in [0.15, 0.2) is 47.5 Å². The Morgan fingerprint density at radius 2 is 1.94 bits per heavy atom. The van der Waals surface area contributed by atoms with E-state index in [0.29, 0.717) is 19.3 Å². The van der Waals surface area contributed by atoms with Crippen LogP contribution in [0.1, 0.15) is 44.9 Å². The number of anilines is 1. The van der Waals surface area contributed by atoms with Crippen molar-refractivity contribution in [3.63, 3.8) is 0 Å². The van der Waals surface area contributed by atoms with Crippen molar-refractivity contribution in [1.82, 2.24) is 19.4 Å². The lowest BCUT2D eigenvalue weighted by atomic mass is 9.87. The Labute approximate surface area is 210 Å². The fourth-order valence-corrected chi connectivity index (χ4v) is 3.79. The number of nitrogens with one attached hydrogen (secondary N) is 2. The number of hydrogen-bond acceptors (Lipinski definition) is 4. The number of benzene rings is 1. The summed E-state index contributed by atoms with van der Waals surface area (Å²) in [6, 6.07) is 4.86. The maximum absolute atomic E-state index is 14.2. The van der Waals surface area contributed by atoms with Crippen LogP contribution in [0.3, 0.4) is 0 Å². The molecule has 9 heteroatoms. The molecule has 0 fully saturated rings. The summed E-state index contributed by atoms with van der Waals surface area (Å²) >= 11 is 0. The summed E-state index contributed by atoms with van der Waals surface area (Å²) in [5.41, 5.74) is 2.01. The van der Waals surface area contributed by atoms with Crippen LogP contribution in [0.25, 0.3) is 10.9 Å². The molecule has 191 valence electrons. The van der Waals surface area contributed by atoms with E-state index in [1.165, 1.54) is 40.4 Å². The largest absolute Gasteiger partial charge is 0.357 e. The number of fused-ring (bicyclic) bond motifs is 1. The third-order valence-electron chi connectivity index (χ3n) is 5.41. The summed E-state index contributed by atoms with van der Waals surface area (Å²) in [6.07, 6.45) is 9.16. The highest BCUT2D eigenvalue weighted by atomic mass is 19.1. The van der Waals surface area contributed by atoms with Crippen molar-refractivity contribution in [3.05, 3.63) is 76.6 Å². The number of amides is 2. The Morgan fingerprint density at radius 1 is 1.19 bits per heavy atom. The molecule has 3 aromatic rings. The van der Waals surface area contributed by atoms with Gasteiger partial charge in [0.05, 0.1) is 13.0 Å². The minimum absolute atomic E-state index is 0.0158. The Bertz CT molecular complexity index is 1330. The number of likely N-dealkylation sites (N-methyl/N-ethyl adjacent to an activating group) is 1. The second-order valence-electron chi connectivity index (χ2n) is 10.2. The summed E-state index contributed by atoms with van der Waals surface area (Å²) in [4.78, 5) is 45.4. The standard InChI is InChI=1S/C27H33FN5O3/c1-27(2,3)16-19-14-20(28)13-18-15-21(30-24(18)19)17-33-12-11-29-25(26(33)36)31-22(34)9-7-6-8-10-23(35)32(4)5/h8-15,30H,6-7,16-17H2,1-5H3,(H,29,31,34)/b10-8+. The number of rotatable bonds is 9. The van der Waals surface area contributed by atoms with E-state index in [1.54, 1.807) is 26.2 Å². The Balaban J connectivity index is 1.68. The van der Waals surface area contributed by atoms with Crippen molar-refractivity contribution in [2.75, 3.05) is 19.4 Å². The molecule has 3 rings (SSSR count). The number of halogens is 1. The first kappa shape index (κ1) is 26.8. The molecule has 2 N–H and O–H groups in total. The smallest absolute Gasteiger partial charge is 0.294 e. The van der Waals surface area contributed by atoms with E-state index in [2.05, 4.69) is 36.1 Å². The van der Waals surface area contributed by atoms with Crippen LogP contribution in [0.2, 0.25) is 0 Å². The van der Waals surface area contributed by atoms with E-state index >= 15 is 0 Å². The molecule has 1 radical (unpaired) electrons. The molecule has 36 heavy (non-hydrogen) atoms. The monoisotopic (exact) mass is 494 g/mol. The molecule has 0 aliphatic carbocycles. The van der Waals surface area contributed by atoms with Crippen LogP contribution in [0, 0.1) is 17.7 Å². The van der Waals surface area contributed by atoms with Crippen LogP contribution in [0.5, 0.6) is 0 Å². The van der Waals surface area contributed by atoms with E-state index in [9.17, 15) is 18.8 Å². The normalized spacial score (nSPS) is 11.8. The van der Waals surface area contributed by atoms with E-state index < -0.39 is 11.5 Å². The molecular weight excluding hydrogens is 461 g/mol. The van der Waals surface area contributed by atoms with E-state index in [4.69, 9.17) is 0 Å². The summed E-state index contributed by atoms with van der Waals surface area (Å²) < 4.78 is 15.6. The molecule has 0 aliphatic heterocycles. The number of carbonyl (C=O) groups excluding carboxylic acids is 2.